The van der Waals surface area contributed by atoms with Gasteiger partial charge < -0.3 is 25.5 Å². The first-order valence-corrected chi connectivity index (χ1v) is 11.4. The van der Waals surface area contributed by atoms with Crippen LogP contribution < -0.4 is 10.6 Å². The fraction of sp³-hybridized carbons (Fsp3) is 0.708. The Labute approximate surface area is 206 Å². The second kappa shape index (κ2) is 13.6. The van der Waals surface area contributed by atoms with Gasteiger partial charge in [-0.3, -0.25) is 4.99 Å². The third kappa shape index (κ3) is 10.1. The Hall–Kier alpha value is -0.900. The lowest BCUT2D eigenvalue weighted by Crippen LogP contribution is -2.46. The minimum atomic E-state index is -0.564. The summed E-state index contributed by atoms with van der Waals surface area (Å²) < 4.78 is 0. The van der Waals surface area contributed by atoms with E-state index in [-0.39, 0.29) is 29.4 Å². The summed E-state index contributed by atoms with van der Waals surface area (Å²) in [6.45, 7) is 18.6. The number of aliphatic hydroxyl groups excluding tert-OH is 1. The summed E-state index contributed by atoms with van der Waals surface area (Å²) in [6, 6.07) is 8.26. The lowest BCUT2D eigenvalue weighted by Gasteiger charge is -2.33. The SMILES string of the molecule is CCNC(=NCC(C)CN1CCN(C)CC1)NCC(O)c1ccc(C(C)(C)C)cc1.I. The molecule has 6 nitrogen and oxygen atoms in total. The van der Waals surface area contributed by atoms with Crippen molar-refractivity contribution in [2.24, 2.45) is 10.9 Å². The predicted molar refractivity (Wildman–Crippen MR) is 143 cm³/mol. The number of guanidine groups is 1. The van der Waals surface area contributed by atoms with Gasteiger partial charge in [-0.05, 0) is 36.4 Å². The van der Waals surface area contributed by atoms with Crippen LogP contribution in [0.25, 0.3) is 0 Å². The van der Waals surface area contributed by atoms with Crippen molar-refractivity contribution in [1.82, 2.24) is 20.4 Å². The van der Waals surface area contributed by atoms with Crippen LogP contribution in [0, 0.1) is 5.92 Å². The third-order valence-electron chi connectivity index (χ3n) is 5.70. The van der Waals surface area contributed by atoms with Gasteiger partial charge in [-0.25, -0.2) is 0 Å². The van der Waals surface area contributed by atoms with Gasteiger partial charge in [0.05, 0.1) is 6.10 Å². The molecule has 2 rings (SSSR count). The van der Waals surface area contributed by atoms with Crippen molar-refractivity contribution in [1.29, 1.82) is 0 Å². The molecule has 3 N–H and O–H groups in total. The number of rotatable bonds is 8. The second-order valence-electron chi connectivity index (χ2n) is 9.70. The van der Waals surface area contributed by atoms with Crippen LogP contribution in [0.4, 0.5) is 0 Å². The number of benzene rings is 1. The van der Waals surface area contributed by atoms with Crippen molar-refractivity contribution in [2.45, 2.75) is 46.1 Å². The number of hydrogen-bond acceptors (Lipinski definition) is 4. The van der Waals surface area contributed by atoms with E-state index in [1.807, 2.05) is 12.1 Å². The van der Waals surface area contributed by atoms with Crippen LogP contribution in [0.5, 0.6) is 0 Å². The summed E-state index contributed by atoms with van der Waals surface area (Å²) in [5.41, 5.74) is 2.32. The molecule has 1 aromatic rings. The number of nitrogens with one attached hydrogen (secondary N) is 2. The van der Waals surface area contributed by atoms with Gasteiger partial charge >= 0.3 is 0 Å². The lowest BCUT2D eigenvalue weighted by molar-refractivity contribution is 0.140. The van der Waals surface area contributed by atoms with Crippen LogP contribution in [-0.4, -0.2) is 80.3 Å². The molecule has 0 spiro atoms. The maximum atomic E-state index is 10.6. The summed E-state index contributed by atoms with van der Waals surface area (Å²) in [5.74, 6) is 1.27. The highest BCUT2D eigenvalue weighted by Gasteiger charge is 2.17. The topological polar surface area (TPSA) is 63.1 Å². The molecule has 1 aromatic carbocycles. The highest BCUT2D eigenvalue weighted by Crippen LogP contribution is 2.23. The Morgan fingerprint density at radius 2 is 1.71 bits per heavy atom. The lowest BCUT2D eigenvalue weighted by atomic mass is 9.86. The highest BCUT2D eigenvalue weighted by molar-refractivity contribution is 14.0. The number of aliphatic imine (C=N–C) groups is 1. The Bertz CT molecular complexity index is 651. The number of hydrogen-bond donors (Lipinski definition) is 3. The zero-order chi connectivity index (χ0) is 22.1. The summed E-state index contributed by atoms with van der Waals surface area (Å²) in [5, 5.41) is 17.2. The van der Waals surface area contributed by atoms with Crippen LogP contribution in [-0.2, 0) is 5.41 Å². The monoisotopic (exact) mass is 545 g/mol. The largest absolute Gasteiger partial charge is 0.387 e. The van der Waals surface area contributed by atoms with Gasteiger partial charge in [-0.1, -0.05) is 52.0 Å². The van der Waals surface area contributed by atoms with Gasteiger partial charge in [0.1, 0.15) is 0 Å². The first-order chi connectivity index (χ1) is 14.2. The van der Waals surface area contributed by atoms with Crippen LogP contribution in [0.1, 0.15) is 51.8 Å². The van der Waals surface area contributed by atoms with Gasteiger partial charge in [-0.15, -0.1) is 24.0 Å². The molecule has 2 atom stereocenters. The van der Waals surface area contributed by atoms with E-state index >= 15 is 0 Å². The first-order valence-electron chi connectivity index (χ1n) is 11.4. The molecular weight excluding hydrogens is 501 g/mol. The highest BCUT2D eigenvalue weighted by atomic mass is 127. The minimum Gasteiger partial charge on any atom is -0.387 e. The van der Waals surface area contributed by atoms with Crippen LogP contribution >= 0.6 is 24.0 Å². The van der Waals surface area contributed by atoms with Crippen molar-refractivity contribution in [3.8, 4) is 0 Å². The average molecular weight is 546 g/mol. The Balaban J connectivity index is 0.00000480. The van der Waals surface area contributed by atoms with Crippen LogP contribution in [0.3, 0.4) is 0 Å². The van der Waals surface area contributed by atoms with E-state index in [2.05, 4.69) is 74.2 Å². The van der Waals surface area contributed by atoms with E-state index in [1.165, 1.54) is 5.56 Å². The Morgan fingerprint density at radius 1 is 1.10 bits per heavy atom. The maximum Gasteiger partial charge on any atom is 0.191 e. The van der Waals surface area contributed by atoms with Crippen molar-refractivity contribution < 1.29 is 5.11 Å². The number of nitrogens with zero attached hydrogens (tertiary/aromatic N) is 3. The molecule has 0 saturated carbocycles. The van der Waals surface area contributed by atoms with Crippen molar-refractivity contribution in [3.05, 3.63) is 35.4 Å². The van der Waals surface area contributed by atoms with Gasteiger partial charge in [0.2, 0.25) is 0 Å². The number of piperazine rings is 1. The molecule has 178 valence electrons. The summed E-state index contributed by atoms with van der Waals surface area (Å²) in [4.78, 5) is 9.67. The normalized spacial score (nSPS) is 18.2. The van der Waals surface area contributed by atoms with Crippen molar-refractivity contribution in [3.63, 3.8) is 0 Å². The fourth-order valence-corrected chi connectivity index (χ4v) is 3.63. The summed E-state index contributed by atoms with van der Waals surface area (Å²) in [6.07, 6.45) is -0.564. The molecular formula is C24H44IN5O. The quantitative estimate of drug-likeness (QED) is 0.266. The van der Waals surface area contributed by atoms with E-state index in [0.717, 1.165) is 57.3 Å². The van der Waals surface area contributed by atoms with Gasteiger partial charge in [0, 0.05) is 52.4 Å². The minimum absolute atomic E-state index is 0. The standard InChI is InChI=1S/C24H43N5O.HI/c1-7-25-23(26-16-19(2)18-29-14-12-28(6)13-15-29)27-17-22(30)20-8-10-21(11-9-20)24(3,4)5;/h8-11,19,22,30H,7,12-18H2,1-6H3,(H2,25,26,27);1H. The molecule has 31 heavy (non-hydrogen) atoms. The van der Waals surface area contributed by atoms with Gasteiger partial charge in [0.25, 0.3) is 0 Å². The van der Waals surface area contributed by atoms with Crippen molar-refractivity contribution in [2.75, 3.05) is 59.4 Å². The zero-order valence-corrected chi connectivity index (χ0v) is 22.6. The van der Waals surface area contributed by atoms with E-state index in [4.69, 9.17) is 4.99 Å². The molecule has 0 aliphatic carbocycles. The molecule has 1 aliphatic heterocycles. The molecule has 0 aromatic heterocycles. The third-order valence-corrected chi connectivity index (χ3v) is 5.70. The van der Waals surface area contributed by atoms with Crippen LogP contribution in [0.2, 0.25) is 0 Å². The number of likely N-dealkylation sites (N-methyl/N-ethyl adjacent to an activating group) is 1. The Kier molecular flexibility index (Phi) is 12.3. The average Bonchev–Trinajstić information content (AvgIpc) is 2.71. The molecule has 0 amide bonds. The molecule has 1 saturated heterocycles. The molecule has 7 heteroatoms. The van der Waals surface area contributed by atoms with Crippen LogP contribution in [0.15, 0.2) is 29.3 Å². The molecule has 2 unspecified atom stereocenters. The zero-order valence-electron chi connectivity index (χ0n) is 20.3. The summed E-state index contributed by atoms with van der Waals surface area (Å²) in [7, 11) is 2.19. The molecule has 1 heterocycles. The molecule has 0 radical (unpaired) electrons. The smallest absolute Gasteiger partial charge is 0.191 e. The molecule has 1 fully saturated rings. The second-order valence-corrected chi connectivity index (χ2v) is 9.70. The van der Waals surface area contributed by atoms with E-state index in [1.54, 1.807) is 0 Å². The van der Waals surface area contributed by atoms with Gasteiger partial charge in [0.15, 0.2) is 5.96 Å². The first kappa shape index (κ1) is 28.1. The summed E-state index contributed by atoms with van der Waals surface area (Å²) >= 11 is 0. The molecule has 0 bridgehead atoms. The van der Waals surface area contributed by atoms with E-state index < -0.39 is 6.10 Å². The fourth-order valence-electron chi connectivity index (χ4n) is 3.63. The maximum absolute atomic E-state index is 10.6. The van der Waals surface area contributed by atoms with Crippen molar-refractivity contribution >= 4 is 29.9 Å². The Morgan fingerprint density at radius 3 is 2.26 bits per heavy atom. The number of aliphatic hydroxyl groups is 1. The van der Waals surface area contributed by atoms with Gasteiger partial charge in [-0.2, -0.15) is 0 Å². The number of halogens is 1. The molecule has 1 aliphatic rings. The predicted octanol–water partition coefficient (Wildman–Crippen LogP) is 3.07. The van der Waals surface area contributed by atoms with E-state index in [9.17, 15) is 5.11 Å². The van der Waals surface area contributed by atoms with E-state index in [0.29, 0.717) is 12.5 Å².